The van der Waals surface area contributed by atoms with Crippen molar-refractivity contribution in [1.82, 2.24) is 5.32 Å². The monoisotopic (exact) mass is 142 g/mol. The van der Waals surface area contributed by atoms with E-state index in [1.165, 1.54) is 0 Å². The first-order chi connectivity index (χ1) is 4.24. The van der Waals surface area contributed by atoms with Crippen molar-refractivity contribution in [2.75, 3.05) is 0 Å². The predicted molar refractivity (Wildman–Crippen MR) is 34.8 cm³/mol. The fraction of sp³-hybridized carbons (Fsp3) is 0.400. The van der Waals surface area contributed by atoms with E-state index < -0.39 is 6.04 Å². The average Bonchev–Trinajstić information content (AvgIpc) is 2.10. The Morgan fingerprint density at radius 3 is 2.67 bits per heavy atom. The molecule has 3 nitrogen and oxygen atoms in total. The van der Waals surface area contributed by atoms with Gasteiger partial charge in [0, 0.05) is 4.86 Å². The third-order valence-corrected chi connectivity index (χ3v) is 1.46. The van der Waals surface area contributed by atoms with Crippen LogP contribution in [0.5, 0.6) is 0 Å². The largest absolute Gasteiger partial charge is 0.341 e. The highest BCUT2D eigenvalue weighted by Crippen LogP contribution is 2.01. The zero-order valence-corrected chi connectivity index (χ0v) is 5.33. The molecule has 0 aromatic heterocycles. The predicted octanol–water partition coefficient (Wildman–Crippen LogP) is -0.646. The first kappa shape index (κ1) is 6.35. The lowest BCUT2D eigenvalue weighted by Crippen LogP contribution is -2.29. The maximum atomic E-state index is 10.4. The van der Waals surface area contributed by atoms with E-state index in [2.05, 4.69) is 17.5 Å². The second-order valence-electron chi connectivity index (χ2n) is 1.76. The maximum absolute atomic E-state index is 10.4. The van der Waals surface area contributed by atoms with Crippen molar-refractivity contribution in [2.24, 2.45) is 0 Å². The summed E-state index contributed by atoms with van der Waals surface area (Å²) < 4.78 is 0. The van der Waals surface area contributed by atoms with Gasteiger partial charge in [0.2, 0.25) is 12.2 Å². The second-order valence-corrected chi connectivity index (χ2v) is 2.29. The molecule has 47 valence electrons. The summed E-state index contributed by atoms with van der Waals surface area (Å²) in [5.41, 5.74) is 0. The van der Waals surface area contributed by atoms with Crippen molar-refractivity contribution in [3.05, 3.63) is 0 Å². The van der Waals surface area contributed by atoms with Gasteiger partial charge in [-0.25, -0.2) is 0 Å². The van der Waals surface area contributed by atoms with Crippen molar-refractivity contribution >= 4 is 29.3 Å². The molecule has 0 bridgehead atoms. The fourth-order valence-electron chi connectivity index (χ4n) is 0.648. The van der Waals surface area contributed by atoms with Crippen molar-refractivity contribution in [2.45, 2.75) is 12.5 Å². The molecule has 9 heavy (non-hydrogen) atoms. The molecule has 0 aromatic carbocycles. The van der Waals surface area contributed by atoms with Gasteiger partial charge in [0.05, 0.1) is 6.42 Å². The van der Waals surface area contributed by atoms with Crippen LogP contribution in [0.25, 0.3) is 0 Å². The highest BCUT2D eigenvalue weighted by molar-refractivity contribution is 7.80. The van der Waals surface area contributed by atoms with Gasteiger partial charge in [0.15, 0.2) is 0 Å². The summed E-state index contributed by atoms with van der Waals surface area (Å²) in [4.78, 5) is 20.8. The molecule has 0 aromatic rings. The number of nitrogens with one attached hydrogen (secondary N) is 1. The summed E-state index contributed by atoms with van der Waals surface area (Å²) in [7, 11) is 0. The Labute approximate surface area is 57.4 Å². The van der Waals surface area contributed by atoms with Gasteiger partial charge >= 0.3 is 0 Å². The molecule has 1 amide bonds. The number of carbonyl (C=O) groups excluding carboxylic acids is 2. The molecular weight excluding hydrogens is 138 g/mol. The lowest BCUT2D eigenvalue weighted by molar-refractivity contribution is -0.118. The minimum atomic E-state index is -0.632. The van der Waals surface area contributed by atoms with E-state index in [0.29, 0.717) is 4.86 Å². The van der Waals surface area contributed by atoms with Crippen LogP contribution in [0.1, 0.15) is 6.42 Å². The van der Waals surface area contributed by atoms with Gasteiger partial charge in [0.1, 0.15) is 6.04 Å². The van der Waals surface area contributed by atoms with Gasteiger partial charge in [-0.2, -0.15) is 0 Å². The van der Waals surface area contributed by atoms with Crippen molar-refractivity contribution in [3.8, 4) is 0 Å². The molecule has 1 radical (unpaired) electrons. The van der Waals surface area contributed by atoms with Crippen LogP contribution in [0.3, 0.4) is 0 Å². The molecular formula is C5H4NO2S. The minimum absolute atomic E-state index is 0.187. The quantitative estimate of drug-likeness (QED) is 0.495. The van der Waals surface area contributed by atoms with Gasteiger partial charge in [-0.15, -0.1) is 0 Å². The maximum Gasteiger partial charge on any atom is 0.228 e. The molecule has 1 atom stereocenters. The molecule has 1 saturated heterocycles. The second kappa shape index (κ2) is 2.23. The third kappa shape index (κ3) is 1.13. The molecule has 0 unspecified atom stereocenters. The van der Waals surface area contributed by atoms with Crippen LogP contribution in [0.2, 0.25) is 0 Å². The highest BCUT2D eigenvalue weighted by atomic mass is 32.1. The number of hydrogen-bond donors (Lipinski definition) is 1. The topological polar surface area (TPSA) is 46.2 Å². The van der Waals surface area contributed by atoms with Crippen molar-refractivity contribution < 1.29 is 9.59 Å². The standard InChI is InChI=1S/C5H4NO2S/c7-2-3-4(9)1-5(8)6-3/h3H,1H2,(H,6,8)/t3-/m1/s1. The van der Waals surface area contributed by atoms with Crippen LogP contribution in [-0.4, -0.2) is 23.1 Å². The molecule has 1 fully saturated rings. The van der Waals surface area contributed by atoms with Gasteiger partial charge in [-0.05, 0) is 0 Å². The fourth-order valence-corrected chi connectivity index (χ4v) is 0.886. The molecule has 4 heteroatoms. The summed E-state index contributed by atoms with van der Waals surface area (Å²) in [5, 5.41) is 2.35. The molecule has 1 heterocycles. The van der Waals surface area contributed by atoms with Crippen LogP contribution in [0.15, 0.2) is 0 Å². The Morgan fingerprint density at radius 1 is 1.78 bits per heavy atom. The van der Waals surface area contributed by atoms with Crippen LogP contribution in [0.4, 0.5) is 0 Å². The van der Waals surface area contributed by atoms with Gasteiger partial charge < -0.3 is 5.32 Å². The Kier molecular flexibility index (Phi) is 1.57. The number of amides is 1. The summed E-state index contributed by atoms with van der Waals surface area (Å²) in [6.07, 6.45) is 1.81. The Hall–Kier alpha value is -0.770. The summed E-state index contributed by atoms with van der Waals surface area (Å²) in [6, 6.07) is -0.632. The van der Waals surface area contributed by atoms with E-state index in [4.69, 9.17) is 0 Å². The first-order valence-corrected chi connectivity index (χ1v) is 2.84. The van der Waals surface area contributed by atoms with Gasteiger partial charge in [-0.3, -0.25) is 9.59 Å². The molecule has 1 aliphatic heterocycles. The van der Waals surface area contributed by atoms with Crippen LogP contribution in [-0.2, 0) is 9.59 Å². The van der Waals surface area contributed by atoms with Crippen LogP contribution < -0.4 is 5.32 Å². The molecule has 0 saturated carbocycles. The molecule has 1 rings (SSSR count). The lowest BCUT2D eigenvalue weighted by Gasteiger charge is -1.94. The Balaban J connectivity index is 2.68. The van der Waals surface area contributed by atoms with Crippen molar-refractivity contribution in [3.63, 3.8) is 0 Å². The first-order valence-electron chi connectivity index (χ1n) is 2.44. The molecule has 0 aliphatic carbocycles. The van der Waals surface area contributed by atoms with E-state index in [1.54, 1.807) is 6.29 Å². The lowest BCUT2D eigenvalue weighted by atomic mass is 10.2. The SMILES string of the molecule is O=[C][C@H]1NC(=O)CC1=S. The molecule has 1 aliphatic rings. The number of hydrogen-bond acceptors (Lipinski definition) is 3. The Bertz CT molecular complexity index is 178. The van der Waals surface area contributed by atoms with E-state index >= 15 is 0 Å². The number of thiocarbonyl (C=S) groups is 1. The van der Waals surface area contributed by atoms with E-state index in [9.17, 15) is 9.59 Å². The minimum Gasteiger partial charge on any atom is -0.341 e. The van der Waals surface area contributed by atoms with E-state index in [0.717, 1.165) is 0 Å². The normalized spacial score (nSPS) is 26.0. The zero-order valence-electron chi connectivity index (χ0n) is 4.51. The average molecular weight is 142 g/mol. The Morgan fingerprint density at radius 2 is 2.44 bits per heavy atom. The van der Waals surface area contributed by atoms with E-state index in [1.807, 2.05) is 0 Å². The smallest absolute Gasteiger partial charge is 0.228 e. The highest BCUT2D eigenvalue weighted by Gasteiger charge is 2.26. The summed E-state index contributed by atoms with van der Waals surface area (Å²) in [5.74, 6) is -0.187. The van der Waals surface area contributed by atoms with Gasteiger partial charge in [-0.1, -0.05) is 12.2 Å². The van der Waals surface area contributed by atoms with E-state index in [-0.39, 0.29) is 12.3 Å². The summed E-state index contributed by atoms with van der Waals surface area (Å²) in [6.45, 7) is 0. The third-order valence-electron chi connectivity index (χ3n) is 1.08. The number of rotatable bonds is 1. The van der Waals surface area contributed by atoms with Crippen molar-refractivity contribution in [1.29, 1.82) is 0 Å². The zero-order chi connectivity index (χ0) is 6.85. The van der Waals surface area contributed by atoms with Gasteiger partial charge in [0.25, 0.3) is 0 Å². The van der Waals surface area contributed by atoms with Crippen LogP contribution >= 0.6 is 12.2 Å². The number of carbonyl (C=O) groups is 1. The molecule has 1 N–H and O–H groups in total. The molecule has 0 spiro atoms. The van der Waals surface area contributed by atoms with Crippen LogP contribution in [0, 0.1) is 0 Å². The summed E-state index contributed by atoms with van der Waals surface area (Å²) >= 11 is 4.67.